The fourth-order valence-electron chi connectivity index (χ4n) is 3.47. The molecular weight excluding hydrogens is 379 g/mol. The number of aliphatic imine (C=N–C) groups is 1. The summed E-state index contributed by atoms with van der Waals surface area (Å²) in [6, 6.07) is 12.3. The van der Waals surface area contributed by atoms with Crippen molar-refractivity contribution in [3.63, 3.8) is 0 Å². The lowest BCUT2D eigenvalue weighted by molar-refractivity contribution is 0.00364. The molecule has 1 saturated heterocycles. The van der Waals surface area contributed by atoms with Gasteiger partial charge in [-0.15, -0.1) is 0 Å². The number of morpholine rings is 1. The summed E-state index contributed by atoms with van der Waals surface area (Å²) in [4.78, 5) is 19.3. The molecule has 30 heavy (non-hydrogen) atoms. The van der Waals surface area contributed by atoms with Crippen molar-refractivity contribution in [2.75, 3.05) is 19.8 Å². The average Bonchev–Trinajstić information content (AvgIpc) is 2.74. The number of carbonyl (C=O) groups excluding carboxylic acids is 1. The van der Waals surface area contributed by atoms with Crippen LogP contribution in [0.2, 0.25) is 0 Å². The number of hydrogen-bond donors (Lipinski definition) is 0. The van der Waals surface area contributed by atoms with Crippen molar-refractivity contribution in [1.82, 2.24) is 4.90 Å². The first-order chi connectivity index (χ1) is 14.4. The van der Waals surface area contributed by atoms with E-state index >= 15 is 0 Å². The zero-order valence-corrected chi connectivity index (χ0v) is 17.7. The van der Waals surface area contributed by atoms with Gasteiger partial charge in [0.2, 0.25) is 0 Å². The molecule has 1 amide bonds. The highest BCUT2D eigenvalue weighted by Crippen LogP contribution is 2.29. The highest BCUT2D eigenvalue weighted by atomic mass is 19.1. The molecule has 1 aliphatic heterocycles. The first-order valence-corrected chi connectivity index (χ1v) is 10.1. The Morgan fingerprint density at radius 1 is 1.27 bits per heavy atom. The van der Waals surface area contributed by atoms with Gasteiger partial charge in [-0.25, -0.2) is 4.39 Å². The fourth-order valence-corrected chi connectivity index (χ4v) is 3.47. The van der Waals surface area contributed by atoms with Crippen LogP contribution in [0.4, 0.5) is 4.39 Å². The molecule has 0 spiro atoms. The second-order valence-corrected chi connectivity index (χ2v) is 7.44. The van der Waals surface area contributed by atoms with Crippen LogP contribution in [-0.4, -0.2) is 42.8 Å². The Labute approximate surface area is 177 Å². The Morgan fingerprint density at radius 2 is 2.03 bits per heavy atom. The second-order valence-electron chi connectivity index (χ2n) is 7.44. The Bertz CT molecular complexity index is 1010. The minimum atomic E-state index is -0.388. The Balaban J connectivity index is 1.96. The van der Waals surface area contributed by atoms with Crippen LogP contribution in [-0.2, 0) is 4.74 Å². The van der Waals surface area contributed by atoms with Crippen LogP contribution in [0.5, 0.6) is 0 Å². The van der Waals surface area contributed by atoms with E-state index in [1.54, 1.807) is 24.4 Å². The van der Waals surface area contributed by atoms with Gasteiger partial charge in [-0.05, 0) is 55.7 Å². The first-order valence-electron chi connectivity index (χ1n) is 10.1. The van der Waals surface area contributed by atoms with Crippen LogP contribution in [0.25, 0.3) is 16.8 Å². The van der Waals surface area contributed by atoms with E-state index in [2.05, 4.69) is 11.6 Å². The standard InChI is InChI=1S/C25H27FN2O2/c1-5-24(27-15-17(2)3)22-11-10-19(14-23(22)26)20-8-6-7-9-21(20)25(29)28-12-13-30-16-18(28)4/h5-11,14-15,18H,2,12-13,16H2,1,3-4H3/b24-5-,27-15?/t18-/m0/s1. The van der Waals surface area contributed by atoms with Gasteiger partial charge in [0, 0.05) is 23.9 Å². The molecule has 5 heteroatoms. The number of amides is 1. The van der Waals surface area contributed by atoms with Crippen molar-refractivity contribution in [3.05, 3.63) is 77.6 Å². The monoisotopic (exact) mass is 406 g/mol. The van der Waals surface area contributed by atoms with Gasteiger partial charge >= 0.3 is 0 Å². The molecule has 2 aromatic rings. The fraction of sp³-hybridized carbons (Fsp3) is 0.280. The quantitative estimate of drug-likeness (QED) is 0.627. The minimum Gasteiger partial charge on any atom is -0.377 e. The number of rotatable bonds is 5. The number of ether oxygens (including phenoxy) is 1. The van der Waals surface area contributed by atoms with Crippen molar-refractivity contribution in [2.45, 2.75) is 26.8 Å². The van der Waals surface area contributed by atoms with E-state index in [4.69, 9.17) is 4.74 Å². The molecular formula is C25H27FN2O2. The van der Waals surface area contributed by atoms with Gasteiger partial charge in [0.25, 0.3) is 5.91 Å². The molecule has 0 unspecified atom stereocenters. The third kappa shape index (κ3) is 4.74. The minimum absolute atomic E-state index is 0.00171. The summed E-state index contributed by atoms with van der Waals surface area (Å²) in [5, 5.41) is 0. The summed E-state index contributed by atoms with van der Waals surface area (Å²) in [5.74, 6) is -0.451. The zero-order valence-electron chi connectivity index (χ0n) is 17.7. The number of carbonyl (C=O) groups is 1. The maximum absolute atomic E-state index is 15.0. The van der Waals surface area contributed by atoms with Gasteiger partial charge in [0.15, 0.2) is 0 Å². The van der Waals surface area contributed by atoms with Crippen molar-refractivity contribution >= 4 is 17.8 Å². The number of halogens is 1. The van der Waals surface area contributed by atoms with Gasteiger partial charge in [0.05, 0.1) is 25.0 Å². The summed E-state index contributed by atoms with van der Waals surface area (Å²) in [5.41, 5.74) is 3.65. The molecule has 2 aromatic carbocycles. The van der Waals surface area contributed by atoms with Crippen molar-refractivity contribution in [1.29, 1.82) is 0 Å². The van der Waals surface area contributed by atoms with Crippen LogP contribution in [0.1, 0.15) is 36.7 Å². The number of allylic oxidation sites excluding steroid dienone is 2. The Kier molecular flexibility index (Phi) is 6.95. The van der Waals surface area contributed by atoms with Crippen molar-refractivity contribution in [2.24, 2.45) is 4.99 Å². The summed E-state index contributed by atoms with van der Waals surface area (Å²) in [7, 11) is 0. The zero-order chi connectivity index (χ0) is 21.7. The van der Waals surface area contributed by atoms with Gasteiger partial charge in [-0.1, -0.05) is 36.9 Å². The molecule has 4 nitrogen and oxygen atoms in total. The lowest BCUT2D eigenvalue weighted by Gasteiger charge is -2.33. The molecule has 0 aromatic heterocycles. The summed E-state index contributed by atoms with van der Waals surface area (Å²) >= 11 is 0. The summed E-state index contributed by atoms with van der Waals surface area (Å²) in [6.45, 7) is 11.0. The molecule has 1 atom stereocenters. The van der Waals surface area contributed by atoms with Crippen molar-refractivity contribution in [3.8, 4) is 11.1 Å². The van der Waals surface area contributed by atoms with Crippen molar-refractivity contribution < 1.29 is 13.9 Å². The third-order valence-electron chi connectivity index (χ3n) is 5.04. The van der Waals surface area contributed by atoms with E-state index in [0.29, 0.717) is 47.7 Å². The van der Waals surface area contributed by atoms with Crippen LogP contribution < -0.4 is 0 Å². The molecule has 3 rings (SSSR count). The molecule has 0 radical (unpaired) electrons. The molecule has 1 heterocycles. The molecule has 156 valence electrons. The molecule has 0 N–H and O–H groups in total. The Hall–Kier alpha value is -3.05. The second kappa shape index (κ2) is 9.63. The van der Waals surface area contributed by atoms with Gasteiger partial charge < -0.3 is 9.64 Å². The SMILES string of the molecule is C=C(C)C=N/C(=C\C)c1ccc(-c2ccccc2C(=O)N2CCOC[C@@H]2C)cc1F. The summed E-state index contributed by atoms with van der Waals surface area (Å²) in [6.07, 6.45) is 3.37. The predicted molar refractivity (Wildman–Crippen MR) is 120 cm³/mol. The molecule has 1 aliphatic rings. The number of benzene rings is 2. The normalized spacial score (nSPS) is 17.4. The van der Waals surface area contributed by atoms with Crippen LogP contribution in [0.15, 0.2) is 65.7 Å². The lowest BCUT2D eigenvalue weighted by atomic mass is 9.96. The highest BCUT2D eigenvalue weighted by Gasteiger charge is 2.26. The lowest BCUT2D eigenvalue weighted by Crippen LogP contribution is -2.47. The smallest absolute Gasteiger partial charge is 0.254 e. The molecule has 0 bridgehead atoms. The number of hydrogen-bond acceptors (Lipinski definition) is 3. The van der Waals surface area contributed by atoms with Gasteiger partial charge in [-0.3, -0.25) is 9.79 Å². The van der Waals surface area contributed by atoms with Crippen LogP contribution in [0, 0.1) is 5.82 Å². The highest BCUT2D eigenvalue weighted by molar-refractivity contribution is 6.01. The summed E-state index contributed by atoms with van der Waals surface area (Å²) < 4.78 is 20.4. The van der Waals surface area contributed by atoms with E-state index in [1.165, 1.54) is 6.07 Å². The predicted octanol–water partition coefficient (Wildman–Crippen LogP) is 5.36. The molecule has 0 aliphatic carbocycles. The average molecular weight is 407 g/mol. The van der Waals surface area contributed by atoms with E-state index in [-0.39, 0.29) is 17.8 Å². The largest absolute Gasteiger partial charge is 0.377 e. The maximum Gasteiger partial charge on any atom is 0.254 e. The van der Waals surface area contributed by atoms with E-state index in [1.807, 2.05) is 49.9 Å². The molecule has 1 fully saturated rings. The van der Waals surface area contributed by atoms with E-state index in [0.717, 1.165) is 5.57 Å². The topological polar surface area (TPSA) is 41.9 Å². The van der Waals surface area contributed by atoms with E-state index < -0.39 is 0 Å². The Morgan fingerprint density at radius 3 is 2.70 bits per heavy atom. The first kappa shape index (κ1) is 21.7. The van der Waals surface area contributed by atoms with Crippen LogP contribution in [0.3, 0.4) is 0 Å². The molecule has 0 saturated carbocycles. The van der Waals surface area contributed by atoms with Gasteiger partial charge in [-0.2, -0.15) is 0 Å². The van der Waals surface area contributed by atoms with Gasteiger partial charge in [0.1, 0.15) is 5.82 Å². The maximum atomic E-state index is 15.0. The van der Waals surface area contributed by atoms with Crippen LogP contribution >= 0.6 is 0 Å². The number of nitrogens with zero attached hydrogens (tertiary/aromatic N) is 2. The van der Waals surface area contributed by atoms with E-state index in [9.17, 15) is 9.18 Å². The third-order valence-corrected chi connectivity index (χ3v) is 5.04.